The molecule has 28 heavy (non-hydrogen) atoms. The van der Waals surface area contributed by atoms with Gasteiger partial charge in [0.15, 0.2) is 11.5 Å². The van der Waals surface area contributed by atoms with Crippen LogP contribution < -0.4 is 14.8 Å². The Morgan fingerprint density at radius 2 is 1.79 bits per heavy atom. The summed E-state index contributed by atoms with van der Waals surface area (Å²) in [6.45, 7) is 6.89. The van der Waals surface area contributed by atoms with E-state index in [-0.39, 0.29) is 5.91 Å². The Hall–Kier alpha value is -3.21. The second kappa shape index (κ2) is 8.65. The van der Waals surface area contributed by atoms with Crippen LogP contribution in [0.5, 0.6) is 11.5 Å². The lowest BCUT2D eigenvalue weighted by atomic mass is 10.2. The van der Waals surface area contributed by atoms with E-state index in [0.29, 0.717) is 30.2 Å². The highest BCUT2D eigenvalue weighted by Gasteiger charge is 2.16. The maximum atomic E-state index is 12.8. The Kier molecular flexibility index (Phi) is 6.04. The van der Waals surface area contributed by atoms with Gasteiger partial charge in [0.2, 0.25) is 0 Å². The number of methoxy groups -OCH3 is 1. The minimum atomic E-state index is -0.0943. The molecule has 5 nitrogen and oxygen atoms in total. The van der Waals surface area contributed by atoms with Gasteiger partial charge in [-0.25, -0.2) is 0 Å². The molecule has 3 rings (SSSR count). The van der Waals surface area contributed by atoms with Crippen molar-refractivity contribution in [2.24, 2.45) is 0 Å². The van der Waals surface area contributed by atoms with Crippen LogP contribution >= 0.6 is 0 Å². The van der Waals surface area contributed by atoms with Gasteiger partial charge in [0, 0.05) is 23.6 Å². The van der Waals surface area contributed by atoms with E-state index in [4.69, 9.17) is 9.47 Å². The van der Waals surface area contributed by atoms with Gasteiger partial charge in [-0.15, -0.1) is 0 Å². The lowest BCUT2D eigenvalue weighted by Gasteiger charge is -2.12. The van der Waals surface area contributed by atoms with Gasteiger partial charge in [-0.1, -0.05) is 24.3 Å². The van der Waals surface area contributed by atoms with Crippen LogP contribution in [0.15, 0.2) is 54.6 Å². The highest BCUT2D eigenvalue weighted by molar-refractivity contribution is 5.95. The van der Waals surface area contributed by atoms with E-state index in [0.717, 1.165) is 22.6 Å². The van der Waals surface area contributed by atoms with Gasteiger partial charge in [-0.05, 0) is 56.7 Å². The summed E-state index contributed by atoms with van der Waals surface area (Å²) in [5.74, 6) is 1.27. The number of ether oxygens (including phenoxy) is 2. The normalized spacial score (nSPS) is 10.6. The number of para-hydroxylation sites is 1. The maximum absolute atomic E-state index is 12.8. The number of hydrogen-bond acceptors (Lipinski definition) is 3. The third-order valence-electron chi connectivity index (χ3n) is 4.67. The van der Waals surface area contributed by atoms with Gasteiger partial charge in [0.1, 0.15) is 0 Å². The second-order valence-corrected chi connectivity index (χ2v) is 6.56. The van der Waals surface area contributed by atoms with E-state index in [2.05, 4.69) is 9.88 Å². The number of aromatic nitrogens is 1. The van der Waals surface area contributed by atoms with Crippen LogP contribution in [0.1, 0.15) is 34.2 Å². The van der Waals surface area contributed by atoms with Crippen LogP contribution in [0, 0.1) is 13.8 Å². The molecule has 0 atom stereocenters. The maximum Gasteiger partial charge on any atom is 0.253 e. The highest BCUT2D eigenvalue weighted by Crippen LogP contribution is 2.28. The van der Waals surface area contributed by atoms with Crippen LogP contribution in [-0.2, 0) is 6.54 Å². The van der Waals surface area contributed by atoms with Gasteiger partial charge >= 0.3 is 0 Å². The van der Waals surface area contributed by atoms with Crippen LogP contribution in [0.4, 0.5) is 0 Å². The van der Waals surface area contributed by atoms with Crippen molar-refractivity contribution in [2.75, 3.05) is 13.7 Å². The van der Waals surface area contributed by atoms with Crippen molar-refractivity contribution in [2.45, 2.75) is 27.3 Å². The number of aryl methyl sites for hydroxylation is 1. The predicted octanol–water partition coefficient (Wildman–Crippen LogP) is 4.43. The van der Waals surface area contributed by atoms with Gasteiger partial charge in [-0.3, -0.25) is 4.79 Å². The molecule has 0 fully saturated rings. The van der Waals surface area contributed by atoms with Gasteiger partial charge in [-0.2, -0.15) is 0 Å². The molecule has 0 saturated carbocycles. The number of rotatable bonds is 7. The predicted molar refractivity (Wildman–Crippen MR) is 111 cm³/mol. The Labute approximate surface area is 165 Å². The van der Waals surface area contributed by atoms with Gasteiger partial charge in [0.25, 0.3) is 5.91 Å². The first-order chi connectivity index (χ1) is 13.5. The van der Waals surface area contributed by atoms with Crippen molar-refractivity contribution in [3.05, 3.63) is 77.1 Å². The summed E-state index contributed by atoms with van der Waals surface area (Å²) in [6, 6.07) is 17.7. The van der Waals surface area contributed by atoms with Crippen molar-refractivity contribution in [1.82, 2.24) is 9.88 Å². The van der Waals surface area contributed by atoms with E-state index in [1.54, 1.807) is 7.11 Å². The van der Waals surface area contributed by atoms with Crippen LogP contribution in [0.3, 0.4) is 0 Å². The summed E-state index contributed by atoms with van der Waals surface area (Å²) < 4.78 is 13.0. The number of benzene rings is 2. The minimum absolute atomic E-state index is 0.0943. The Balaban J connectivity index is 1.76. The first kappa shape index (κ1) is 19.5. The fourth-order valence-electron chi connectivity index (χ4n) is 3.34. The zero-order chi connectivity index (χ0) is 20.1. The molecule has 5 heteroatoms. The fourth-order valence-corrected chi connectivity index (χ4v) is 3.34. The third kappa shape index (κ3) is 4.03. The average molecular weight is 378 g/mol. The molecule has 1 heterocycles. The summed E-state index contributed by atoms with van der Waals surface area (Å²) in [4.78, 5) is 12.8. The molecule has 0 spiro atoms. The van der Waals surface area contributed by atoms with Crippen LogP contribution in [0.25, 0.3) is 5.69 Å². The summed E-state index contributed by atoms with van der Waals surface area (Å²) in [7, 11) is 1.61. The molecule has 0 radical (unpaired) electrons. The number of carbonyl (C=O) groups excluding carboxylic acids is 1. The third-order valence-corrected chi connectivity index (χ3v) is 4.67. The molecule has 0 unspecified atom stereocenters. The summed E-state index contributed by atoms with van der Waals surface area (Å²) in [5, 5.41) is 3.00. The molecule has 2 aromatic carbocycles. The molecular formula is C23H26N2O3. The summed E-state index contributed by atoms with van der Waals surface area (Å²) in [5.41, 5.74) is 4.62. The molecule has 3 aromatic rings. The zero-order valence-electron chi connectivity index (χ0n) is 16.8. The summed E-state index contributed by atoms with van der Waals surface area (Å²) >= 11 is 0. The average Bonchev–Trinajstić information content (AvgIpc) is 3.02. The Morgan fingerprint density at radius 1 is 1.04 bits per heavy atom. The molecule has 0 saturated heterocycles. The molecule has 1 aromatic heterocycles. The number of amides is 1. The SMILES string of the molecule is CCOc1ccc(CNC(=O)c2cc(C)n(-c3ccccc3)c2C)cc1OC. The van der Waals surface area contributed by atoms with E-state index in [1.165, 1.54) is 0 Å². The standard InChI is InChI=1S/C23H26N2O3/c1-5-28-21-12-11-18(14-22(21)27-4)15-24-23(26)20-13-16(2)25(17(20)3)19-9-7-6-8-10-19/h6-14H,5,15H2,1-4H3,(H,24,26). The molecule has 1 amide bonds. The van der Waals surface area contributed by atoms with Crippen molar-refractivity contribution in [1.29, 1.82) is 0 Å². The molecule has 146 valence electrons. The van der Waals surface area contributed by atoms with Gasteiger partial charge in [0.05, 0.1) is 19.3 Å². The fraction of sp³-hybridized carbons (Fsp3) is 0.261. The molecule has 0 aliphatic carbocycles. The molecule has 0 bridgehead atoms. The number of carbonyl (C=O) groups is 1. The van der Waals surface area contributed by atoms with Gasteiger partial charge < -0.3 is 19.4 Å². The zero-order valence-corrected chi connectivity index (χ0v) is 16.8. The number of nitrogens with zero attached hydrogens (tertiary/aromatic N) is 1. The number of hydrogen-bond donors (Lipinski definition) is 1. The molecule has 0 aliphatic rings. The van der Waals surface area contributed by atoms with Crippen molar-refractivity contribution >= 4 is 5.91 Å². The van der Waals surface area contributed by atoms with E-state index in [9.17, 15) is 4.79 Å². The highest BCUT2D eigenvalue weighted by atomic mass is 16.5. The molecule has 0 aliphatic heterocycles. The Bertz CT molecular complexity index is 961. The number of nitrogens with one attached hydrogen (secondary N) is 1. The Morgan fingerprint density at radius 3 is 2.46 bits per heavy atom. The summed E-state index contributed by atoms with van der Waals surface area (Å²) in [6.07, 6.45) is 0. The topological polar surface area (TPSA) is 52.5 Å². The molecule has 1 N–H and O–H groups in total. The smallest absolute Gasteiger partial charge is 0.253 e. The van der Waals surface area contributed by atoms with Crippen molar-refractivity contribution in [3.63, 3.8) is 0 Å². The largest absolute Gasteiger partial charge is 0.493 e. The monoisotopic (exact) mass is 378 g/mol. The van der Waals surface area contributed by atoms with E-state index in [1.807, 2.05) is 75.4 Å². The second-order valence-electron chi connectivity index (χ2n) is 6.56. The van der Waals surface area contributed by atoms with Crippen molar-refractivity contribution in [3.8, 4) is 17.2 Å². The first-order valence-electron chi connectivity index (χ1n) is 9.37. The van der Waals surface area contributed by atoms with E-state index < -0.39 is 0 Å². The van der Waals surface area contributed by atoms with Crippen molar-refractivity contribution < 1.29 is 14.3 Å². The first-order valence-corrected chi connectivity index (χ1v) is 9.37. The van der Waals surface area contributed by atoms with E-state index >= 15 is 0 Å². The van der Waals surface area contributed by atoms with Crippen LogP contribution in [-0.4, -0.2) is 24.2 Å². The molecular weight excluding hydrogens is 352 g/mol. The minimum Gasteiger partial charge on any atom is -0.493 e. The quantitative estimate of drug-likeness (QED) is 0.662. The lowest BCUT2D eigenvalue weighted by molar-refractivity contribution is 0.0950. The van der Waals surface area contributed by atoms with Crippen LogP contribution in [0.2, 0.25) is 0 Å². The lowest BCUT2D eigenvalue weighted by Crippen LogP contribution is -2.23.